The molecule has 1 saturated heterocycles. The second-order valence-corrected chi connectivity index (χ2v) is 19.2. The van der Waals surface area contributed by atoms with Crippen LogP contribution in [0.1, 0.15) is 95.6 Å². The van der Waals surface area contributed by atoms with Crippen LogP contribution in [0.2, 0.25) is 5.02 Å². The monoisotopic (exact) mass is 886 g/mol. The van der Waals surface area contributed by atoms with Crippen molar-refractivity contribution in [2.24, 2.45) is 16.2 Å². The molecule has 5 rings (SSSR count). The van der Waals surface area contributed by atoms with Crippen LogP contribution in [0, 0.1) is 27.6 Å². The van der Waals surface area contributed by atoms with E-state index in [1.165, 1.54) is 4.90 Å². The second kappa shape index (κ2) is 20.9. The van der Waals surface area contributed by atoms with Crippen molar-refractivity contribution < 1.29 is 38.5 Å². The molecule has 5 N–H and O–H groups in total. The first-order valence-corrected chi connectivity index (χ1v) is 21.9. The zero-order valence-electron chi connectivity index (χ0n) is 37.7. The first kappa shape index (κ1) is 48.7. The molecule has 0 unspecified atom stereocenters. The van der Waals surface area contributed by atoms with Crippen LogP contribution in [-0.4, -0.2) is 97.4 Å². The molecule has 1 heterocycles. The number of likely N-dealkylation sites (tertiary alicyclic amines) is 1. The zero-order chi connectivity index (χ0) is 46.1. The van der Waals surface area contributed by atoms with Crippen molar-refractivity contribution >= 4 is 40.9 Å². The first-order chi connectivity index (χ1) is 29.8. The number of halogens is 1. The fourth-order valence-corrected chi connectivity index (χ4v) is 9.04. The summed E-state index contributed by atoms with van der Waals surface area (Å²) >= 11 is 6.23. The first-order valence-electron chi connectivity index (χ1n) is 21.5. The highest BCUT2D eigenvalue weighted by molar-refractivity contribution is 6.31. The maximum Gasteiger partial charge on any atom is 0.251 e. The Hall–Kier alpha value is -5.36. The van der Waals surface area contributed by atoms with Crippen LogP contribution in [-0.2, 0) is 25.7 Å². The summed E-state index contributed by atoms with van der Waals surface area (Å²) in [5.74, 6) is -0.132. The number of aliphatic hydroxyl groups excluding tert-OH is 1. The molecule has 2 fully saturated rings. The van der Waals surface area contributed by atoms with Crippen molar-refractivity contribution in [3.05, 3.63) is 88.4 Å². The molecule has 3 aromatic rings. The van der Waals surface area contributed by atoms with Gasteiger partial charge < -0.3 is 45.5 Å². The van der Waals surface area contributed by atoms with Crippen molar-refractivity contribution in [2.45, 2.75) is 111 Å². The third-order valence-corrected chi connectivity index (χ3v) is 12.3. The predicted molar refractivity (Wildman–Crippen MR) is 241 cm³/mol. The van der Waals surface area contributed by atoms with Gasteiger partial charge in [0, 0.05) is 66.9 Å². The summed E-state index contributed by atoms with van der Waals surface area (Å²) in [7, 11) is 1.58. The molecule has 340 valence electrons. The van der Waals surface area contributed by atoms with E-state index in [4.69, 9.17) is 25.8 Å². The van der Waals surface area contributed by atoms with Gasteiger partial charge in [0.15, 0.2) is 0 Å². The number of hydrogen-bond donors (Lipinski definition) is 5. The highest BCUT2D eigenvalue weighted by Crippen LogP contribution is 2.55. The van der Waals surface area contributed by atoms with Crippen molar-refractivity contribution in [1.82, 2.24) is 20.9 Å². The molecule has 1 aliphatic carbocycles. The molecular weight excluding hydrogens is 824 g/mol. The van der Waals surface area contributed by atoms with Crippen molar-refractivity contribution in [3.63, 3.8) is 0 Å². The number of anilines is 1. The molecule has 3 atom stereocenters. The van der Waals surface area contributed by atoms with E-state index >= 15 is 0 Å². The number of nitrogens with one attached hydrogen (secondary N) is 4. The van der Waals surface area contributed by atoms with Gasteiger partial charge in [0.1, 0.15) is 42.4 Å². The van der Waals surface area contributed by atoms with E-state index in [1.54, 1.807) is 49.6 Å². The molecule has 1 saturated carbocycles. The Bertz CT molecular complexity index is 2100. The summed E-state index contributed by atoms with van der Waals surface area (Å²) < 4.78 is 17.2. The number of β-amino-alcohol motifs (C(OH)–C–C–N with tert-alkyl or cyclic N) is 1. The molecule has 3 aromatic carbocycles. The fraction of sp³-hybridized carbons (Fsp3) is 0.521. The van der Waals surface area contributed by atoms with Gasteiger partial charge in [-0.05, 0) is 78.8 Å². The van der Waals surface area contributed by atoms with E-state index in [1.807, 2.05) is 45.0 Å². The van der Waals surface area contributed by atoms with Crippen LogP contribution in [0.15, 0.2) is 66.7 Å². The summed E-state index contributed by atoms with van der Waals surface area (Å²) in [6.45, 7) is 14.9. The fourth-order valence-electron chi connectivity index (χ4n) is 8.83. The number of nitrogens with zero attached hydrogens (tertiary/aromatic N) is 2. The van der Waals surface area contributed by atoms with E-state index in [9.17, 15) is 29.5 Å². The molecule has 63 heavy (non-hydrogen) atoms. The summed E-state index contributed by atoms with van der Waals surface area (Å²) in [4.78, 5) is 54.8. The molecule has 15 heteroatoms. The molecule has 14 nitrogen and oxygen atoms in total. The standard InChI is InChI=1S/C48H63ClN6O8/c1-46(2,3)40(43(60)55-28-34(56)24-38(55)42(59)52-27-30-12-19-35(61-8)20-13-30)53-39(57)29-62-23-11-9-10-22-51-33-17-14-31(15-18-33)41(58)54-44-47(4,5)45(48(44,6)7)63-36-21-16-32(26-50)37(49)25-36/h12-21,25,34,38,40,44-45,51,56H,9-11,22-24,27-29H2,1-8H3,(H,52,59)(H,53,57)(H,54,58)/t34-,38+,40-,44?,45?/m1/s1. The molecule has 4 amide bonds. The lowest BCUT2D eigenvalue weighted by Gasteiger charge is -2.63. The average molecular weight is 888 g/mol. The Morgan fingerprint density at radius 2 is 1.62 bits per heavy atom. The minimum Gasteiger partial charge on any atom is -0.497 e. The number of nitriles is 1. The van der Waals surface area contributed by atoms with E-state index in [2.05, 4.69) is 55.0 Å². The molecule has 1 aliphatic heterocycles. The van der Waals surface area contributed by atoms with Gasteiger partial charge in [0.2, 0.25) is 17.7 Å². The Morgan fingerprint density at radius 1 is 0.952 bits per heavy atom. The summed E-state index contributed by atoms with van der Waals surface area (Å²) in [5.41, 5.74) is 1.26. The van der Waals surface area contributed by atoms with E-state index < -0.39 is 35.4 Å². The summed E-state index contributed by atoms with van der Waals surface area (Å²) in [6, 6.07) is 19.8. The second-order valence-electron chi connectivity index (χ2n) is 18.7. The van der Waals surface area contributed by atoms with Crippen LogP contribution in [0.25, 0.3) is 0 Å². The van der Waals surface area contributed by atoms with Gasteiger partial charge in [-0.1, -0.05) is 72.2 Å². The van der Waals surface area contributed by atoms with E-state index in [0.717, 1.165) is 30.5 Å². The van der Waals surface area contributed by atoms with E-state index in [0.29, 0.717) is 40.8 Å². The number of carbonyl (C=O) groups excluding carboxylic acids is 4. The molecule has 0 aromatic heterocycles. The van der Waals surface area contributed by atoms with Crippen LogP contribution >= 0.6 is 11.6 Å². The Labute approximate surface area is 376 Å². The molecule has 0 radical (unpaired) electrons. The lowest BCUT2D eigenvalue weighted by Crippen LogP contribution is -2.74. The number of amides is 4. The summed E-state index contributed by atoms with van der Waals surface area (Å²) in [5, 5.41) is 32.3. The van der Waals surface area contributed by atoms with Gasteiger partial charge in [-0.15, -0.1) is 0 Å². The third kappa shape index (κ3) is 12.2. The Kier molecular flexibility index (Phi) is 16.1. The average Bonchev–Trinajstić information content (AvgIpc) is 3.65. The quantitative estimate of drug-likeness (QED) is 0.0862. The maximum absolute atomic E-state index is 13.9. The number of carbonyl (C=O) groups is 4. The minimum atomic E-state index is -0.942. The Balaban J connectivity index is 0.990. The lowest BCUT2D eigenvalue weighted by atomic mass is 9.49. The number of rotatable bonds is 19. The van der Waals surface area contributed by atoms with Crippen LogP contribution in [0.4, 0.5) is 5.69 Å². The minimum absolute atomic E-state index is 0.00827. The number of unbranched alkanes of at least 4 members (excludes halogenated alkanes) is 2. The predicted octanol–water partition coefficient (Wildman–Crippen LogP) is 6.24. The Morgan fingerprint density at radius 3 is 2.24 bits per heavy atom. The van der Waals surface area contributed by atoms with Crippen molar-refractivity contribution in [2.75, 3.05) is 38.7 Å². The topological polar surface area (TPSA) is 191 Å². The normalized spacial score (nSPS) is 20.4. The molecule has 0 spiro atoms. The van der Waals surface area contributed by atoms with Gasteiger partial charge in [-0.25, -0.2) is 0 Å². The number of ether oxygens (including phenoxy) is 3. The van der Waals surface area contributed by atoms with Crippen LogP contribution in [0.3, 0.4) is 0 Å². The van der Waals surface area contributed by atoms with Gasteiger partial charge in [0.05, 0.1) is 23.8 Å². The van der Waals surface area contributed by atoms with Gasteiger partial charge in [0.25, 0.3) is 5.91 Å². The highest BCUT2D eigenvalue weighted by Gasteiger charge is 2.64. The number of hydrogen-bond acceptors (Lipinski definition) is 10. The SMILES string of the molecule is COc1ccc(CNC(=O)[C@@H]2C[C@@H](O)CN2C(=O)[C@@H](NC(=O)COCCCCCNc2ccc(C(=O)NC3C(C)(C)C(Oc4ccc(C#N)c(Cl)c4)C3(C)C)cc2)C(C)(C)C)cc1. The third-order valence-electron chi connectivity index (χ3n) is 12.0. The van der Waals surface area contributed by atoms with Gasteiger partial charge in [-0.2, -0.15) is 5.26 Å². The zero-order valence-corrected chi connectivity index (χ0v) is 38.4. The van der Waals surface area contributed by atoms with Gasteiger partial charge in [-0.3, -0.25) is 19.2 Å². The molecule has 2 aliphatic rings. The molecular formula is C48H63ClN6O8. The van der Waals surface area contributed by atoms with Gasteiger partial charge >= 0.3 is 0 Å². The summed E-state index contributed by atoms with van der Waals surface area (Å²) in [6.07, 6.45) is 1.48. The maximum atomic E-state index is 13.9. The van der Waals surface area contributed by atoms with Crippen LogP contribution < -0.4 is 30.7 Å². The lowest BCUT2D eigenvalue weighted by molar-refractivity contribution is -0.164. The smallest absolute Gasteiger partial charge is 0.251 e. The highest BCUT2D eigenvalue weighted by atomic mass is 35.5. The van der Waals surface area contributed by atoms with Crippen molar-refractivity contribution in [1.29, 1.82) is 5.26 Å². The number of aliphatic hydroxyl groups is 1. The van der Waals surface area contributed by atoms with Crippen molar-refractivity contribution in [3.8, 4) is 17.6 Å². The van der Waals surface area contributed by atoms with Crippen LogP contribution in [0.5, 0.6) is 11.5 Å². The largest absolute Gasteiger partial charge is 0.497 e. The molecule has 0 bridgehead atoms. The number of benzene rings is 3. The van der Waals surface area contributed by atoms with E-state index in [-0.39, 0.29) is 60.9 Å². The number of methoxy groups -OCH3 is 1.